The minimum Gasteiger partial charge on any atom is -0.237 e. The predicted octanol–water partition coefficient (Wildman–Crippen LogP) is 3.08. The van der Waals surface area contributed by atoms with Gasteiger partial charge in [-0.2, -0.15) is 10.4 Å². The molecule has 0 fully saturated rings. The number of aromatic nitrogens is 2. The molecule has 0 amide bonds. The van der Waals surface area contributed by atoms with Crippen LogP contribution in [0.3, 0.4) is 0 Å². The lowest BCUT2D eigenvalue weighted by atomic mass is 10.3. The van der Waals surface area contributed by atoms with Gasteiger partial charge in [0.1, 0.15) is 6.07 Å². The molecule has 76 valence electrons. The number of hydrogen-bond donors (Lipinski definition) is 0. The van der Waals surface area contributed by atoms with Crippen molar-refractivity contribution in [2.75, 3.05) is 5.75 Å². The fourth-order valence-electron chi connectivity index (χ4n) is 1.38. The summed E-state index contributed by atoms with van der Waals surface area (Å²) < 4.78 is 2.65. The monoisotopic (exact) mass is 281 g/mol. The van der Waals surface area contributed by atoms with E-state index in [-0.39, 0.29) is 0 Å². The van der Waals surface area contributed by atoms with E-state index in [4.69, 9.17) is 5.26 Å². The first-order chi connectivity index (χ1) is 7.26. The zero-order chi connectivity index (χ0) is 10.8. The van der Waals surface area contributed by atoms with E-state index in [1.165, 1.54) is 0 Å². The first-order valence-corrected chi connectivity index (χ1v) is 6.24. The molecule has 0 unspecified atom stereocenters. The van der Waals surface area contributed by atoms with E-state index in [0.29, 0.717) is 5.56 Å². The predicted molar refractivity (Wildman–Crippen MR) is 64.0 cm³/mol. The van der Waals surface area contributed by atoms with Crippen LogP contribution in [0.1, 0.15) is 12.5 Å². The molecule has 0 N–H and O–H groups in total. The van der Waals surface area contributed by atoms with Crippen LogP contribution in [0.15, 0.2) is 27.8 Å². The lowest BCUT2D eigenvalue weighted by Crippen LogP contribution is -1.89. The molecule has 0 aliphatic heterocycles. The summed E-state index contributed by atoms with van der Waals surface area (Å²) in [6, 6.07) is 4.14. The molecule has 0 aliphatic carbocycles. The molecule has 2 rings (SSSR count). The van der Waals surface area contributed by atoms with Gasteiger partial charge in [0, 0.05) is 15.6 Å². The summed E-state index contributed by atoms with van der Waals surface area (Å²) in [5.74, 6) is 1.02. The number of hydrogen-bond acceptors (Lipinski definition) is 3. The fraction of sp³-hybridized carbons (Fsp3) is 0.200. The molecule has 3 nitrogen and oxygen atoms in total. The summed E-state index contributed by atoms with van der Waals surface area (Å²) in [7, 11) is 0. The molecule has 0 aromatic carbocycles. The Kier molecular flexibility index (Phi) is 2.98. The SMILES string of the molecule is CCSc1cc(Br)c2c(C#N)cnn2c1. The summed E-state index contributed by atoms with van der Waals surface area (Å²) in [6.07, 6.45) is 3.52. The highest BCUT2D eigenvalue weighted by molar-refractivity contribution is 9.10. The van der Waals surface area contributed by atoms with Crippen LogP contribution in [0.2, 0.25) is 0 Å². The quantitative estimate of drug-likeness (QED) is 0.795. The zero-order valence-electron chi connectivity index (χ0n) is 8.07. The van der Waals surface area contributed by atoms with Crippen molar-refractivity contribution < 1.29 is 0 Å². The first kappa shape index (κ1) is 10.5. The van der Waals surface area contributed by atoms with Gasteiger partial charge in [0.15, 0.2) is 0 Å². The normalized spacial score (nSPS) is 10.5. The third kappa shape index (κ3) is 1.87. The van der Waals surface area contributed by atoms with Gasteiger partial charge in [-0.3, -0.25) is 0 Å². The summed E-state index contributed by atoms with van der Waals surface area (Å²) in [5.41, 5.74) is 1.42. The van der Waals surface area contributed by atoms with Gasteiger partial charge in [-0.05, 0) is 27.7 Å². The Hall–Kier alpha value is -0.990. The Labute approximate surface area is 100 Å². The van der Waals surface area contributed by atoms with E-state index >= 15 is 0 Å². The lowest BCUT2D eigenvalue weighted by molar-refractivity contribution is 0.936. The second-order valence-electron chi connectivity index (χ2n) is 2.92. The van der Waals surface area contributed by atoms with Gasteiger partial charge in [0.2, 0.25) is 0 Å². The molecule has 0 bridgehead atoms. The van der Waals surface area contributed by atoms with Crippen molar-refractivity contribution in [2.45, 2.75) is 11.8 Å². The Morgan fingerprint density at radius 2 is 2.47 bits per heavy atom. The average molecular weight is 282 g/mol. The van der Waals surface area contributed by atoms with Crippen molar-refractivity contribution in [3.8, 4) is 6.07 Å². The number of halogens is 1. The highest BCUT2D eigenvalue weighted by atomic mass is 79.9. The average Bonchev–Trinajstić information content (AvgIpc) is 2.61. The largest absolute Gasteiger partial charge is 0.237 e. The van der Waals surface area contributed by atoms with E-state index in [1.54, 1.807) is 22.5 Å². The molecule has 0 atom stereocenters. The molecule has 0 aliphatic rings. The van der Waals surface area contributed by atoms with E-state index in [1.807, 2.05) is 12.3 Å². The van der Waals surface area contributed by atoms with Crippen LogP contribution in [0.25, 0.3) is 5.52 Å². The molecular formula is C10H8BrN3S. The first-order valence-electron chi connectivity index (χ1n) is 4.46. The standard InChI is InChI=1S/C10H8BrN3S/c1-2-15-8-3-9(11)10-7(4-12)5-13-14(10)6-8/h3,5-6H,2H2,1H3. The topological polar surface area (TPSA) is 41.1 Å². The van der Waals surface area contributed by atoms with Crippen LogP contribution in [0.4, 0.5) is 0 Å². The van der Waals surface area contributed by atoms with Crippen LogP contribution in [0.5, 0.6) is 0 Å². The van der Waals surface area contributed by atoms with E-state index in [0.717, 1.165) is 20.6 Å². The molecule has 0 radical (unpaired) electrons. The Bertz CT molecular complexity index is 541. The lowest BCUT2D eigenvalue weighted by Gasteiger charge is -2.02. The van der Waals surface area contributed by atoms with E-state index in [9.17, 15) is 0 Å². The highest BCUT2D eigenvalue weighted by Gasteiger charge is 2.08. The Morgan fingerprint density at radius 3 is 3.13 bits per heavy atom. The number of thioether (sulfide) groups is 1. The summed E-state index contributed by atoms with van der Waals surface area (Å²) in [6.45, 7) is 2.10. The molecule has 2 aromatic rings. The number of nitrogens with zero attached hydrogens (tertiary/aromatic N) is 3. The van der Waals surface area contributed by atoms with Gasteiger partial charge in [-0.1, -0.05) is 6.92 Å². The van der Waals surface area contributed by atoms with E-state index in [2.05, 4.69) is 34.0 Å². The van der Waals surface area contributed by atoms with Crippen LogP contribution < -0.4 is 0 Å². The van der Waals surface area contributed by atoms with Crippen molar-refractivity contribution in [1.82, 2.24) is 9.61 Å². The molecule has 0 saturated heterocycles. The van der Waals surface area contributed by atoms with Gasteiger partial charge in [0.05, 0.1) is 17.3 Å². The molecule has 2 heterocycles. The van der Waals surface area contributed by atoms with Crippen molar-refractivity contribution in [3.63, 3.8) is 0 Å². The number of fused-ring (bicyclic) bond motifs is 1. The summed E-state index contributed by atoms with van der Waals surface area (Å²) in [5, 5.41) is 13.0. The number of rotatable bonds is 2. The Morgan fingerprint density at radius 1 is 1.67 bits per heavy atom. The van der Waals surface area contributed by atoms with Crippen molar-refractivity contribution in [3.05, 3.63) is 28.5 Å². The van der Waals surface area contributed by atoms with Crippen molar-refractivity contribution in [1.29, 1.82) is 5.26 Å². The minimum atomic E-state index is 0.593. The zero-order valence-corrected chi connectivity index (χ0v) is 10.5. The van der Waals surface area contributed by atoms with Gasteiger partial charge < -0.3 is 0 Å². The maximum Gasteiger partial charge on any atom is 0.103 e. The molecule has 5 heteroatoms. The third-order valence-electron chi connectivity index (χ3n) is 1.97. The molecule has 0 spiro atoms. The molecular weight excluding hydrogens is 274 g/mol. The minimum absolute atomic E-state index is 0.593. The second-order valence-corrected chi connectivity index (χ2v) is 5.11. The summed E-state index contributed by atoms with van der Waals surface area (Å²) >= 11 is 5.21. The molecule has 2 aromatic heterocycles. The van der Waals surface area contributed by atoms with Gasteiger partial charge in [-0.15, -0.1) is 11.8 Å². The summed E-state index contributed by atoms with van der Waals surface area (Å²) in [4.78, 5) is 1.14. The van der Waals surface area contributed by atoms with Crippen LogP contribution >= 0.6 is 27.7 Å². The van der Waals surface area contributed by atoms with E-state index < -0.39 is 0 Å². The number of pyridine rings is 1. The van der Waals surface area contributed by atoms with Crippen LogP contribution in [-0.4, -0.2) is 15.4 Å². The third-order valence-corrected chi connectivity index (χ3v) is 3.42. The van der Waals surface area contributed by atoms with Crippen LogP contribution in [0, 0.1) is 11.3 Å². The van der Waals surface area contributed by atoms with Crippen molar-refractivity contribution in [2.24, 2.45) is 0 Å². The van der Waals surface area contributed by atoms with Gasteiger partial charge in [-0.25, -0.2) is 4.52 Å². The van der Waals surface area contributed by atoms with Crippen LogP contribution in [-0.2, 0) is 0 Å². The number of nitriles is 1. The second kappa shape index (κ2) is 4.25. The maximum atomic E-state index is 8.89. The van der Waals surface area contributed by atoms with Gasteiger partial charge in [0.25, 0.3) is 0 Å². The fourth-order valence-corrected chi connectivity index (χ4v) is 2.88. The van der Waals surface area contributed by atoms with Gasteiger partial charge >= 0.3 is 0 Å². The molecule has 0 saturated carbocycles. The van der Waals surface area contributed by atoms with Crippen molar-refractivity contribution >= 4 is 33.2 Å². The molecule has 15 heavy (non-hydrogen) atoms. The Balaban J connectivity index is 2.65. The maximum absolute atomic E-state index is 8.89. The smallest absolute Gasteiger partial charge is 0.103 e. The highest BCUT2D eigenvalue weighted by Crippen LogP contribution is 2.27.